The normalized spacial score (nSPS) is 10.6. The van der Waals surface area contributed by atoms with Gasteiger partial charge in [0, 0.05) is 25.4 Å². The molecule has 2 aromatic rings. The molecule has 21 heavy (non-hydrogen) atoms. The van der Waals surface area contributed by atoms with Gasteiger partial charge in [0.25, 0.3) is 0 Å². The second kappa shape index (κ2) is 6.74. The SMILES string of the molecule is CC(C)Oc1cccc(NCCc2ncc[nH]2)c1[N+](=O)[O-]. The van der Waals surface area contributed by atoms with Crippen LogP contribution >= 0.6 is 0 Å². The first-order chi connectivity index (χ1) is 10.1. The number of anilines is 1. The van der Waals surface area contributed by atoms with Crippen molar-refractivity contribution in [3.8, 4) is 5.75 Å². The number of benzene rings is 1. The van der Waals surface area contributed by atoms with Gasteiger partial charge in [0.05, 0.1) is 11.0 Å². The van der Waals surface area contributed by atoms with Crippen LogP contribution in [0.1, 0.15) is 19.7 Å². The molecule has 7 heteroatoms. The standard InChI is InChI=1S/C14H18N4O3/c1-10(2)21-12-5-3-4-11(14(12)18(19)20)15-7-6-13-16-8-9-17-13/h3-5,8-10,15H,6-7H2,1-2H3,(H,16,17). The highest BCUT2D eigenvalue weighted by Gasteiger charge is 2.21. The van der Waals surface area contributed by atoms with Crippen molar-refractivity contribution in [2.45, 2.75) is 26.4 Å². The number of aromatic nitrogens is 2. The Morgan fingerprint density at radius 3 is 2.90 bits per heavy atom. The van der Waals surface area contributed by atoms with Crippen molar-refractivity contribution >= 4 is 11.4 Å². The smallest absolute Gasteiger partial charge is 0.333 e. The molecule has 2 rings (SSSR count). The molecule has 0 bridgehead atoms. The van der Waals surface area contributed by atoms with Crippen LogP contribution in [0.2, 0.25) is 0 Å². The van der Waals surface area contributed by atoms with Gasteiger partial charge in [-0.1, -0.05) is 6.07 Å². The Morgan fingerprint density at radius 2 is 2.29 bits per heavy atom. The molecule has 7 nitrogen and oxygen atoms in total. The molecule has 1 aromatic heterocycles. The molecule has 0 saturated heterocycles. The monoisotopic (exact) mass is 290 g/mol. The average molecular weight is 290 g/mol. The topological polar surface area (TPSA) is 93.1 Å². The van der Waals surface area contributed by atoms with Crippen LogP contribution in [0.15, 0.2) is 30.6 Å². The van der Waals surface area contributed by atoms with E-state index in [2.05, 4.69) is 15.3 Å². The minimum Gasteiger partial charge on any atom is -0.484 e. The molecule has 0 atom stereocenters. The average Bonchev–Trinajstić information content (AvgIpc) is 2.91. The Hall–Kier alpha value is -2.57. The number of hydrogen-bond acceptors (Lipinski definition) is 5. The maximum Gasteiger partial charge on any atom is 0.333 e. The maximum atomic E-state index is 11.3. The first-order valence-electron chi connectivity index (χ1n) is 6.74. The quantitative estimate of drug-likeness (QED) is 0.604. The van der Waals surface area contributed by atoms with E-state index >= 15 is 0 Å². The molecular weight excluding hydrogens is 272 g/mol. The summed E-state index contributed by atoms with van der Waals surface area (Å²) in [4.78, 5) is 18.0. The van der Waals surface area contributed by atoms with Crippen LogP contribution in [0.5, 0.6) is 5.75 Å². The maximum absolute atomic E-state index is 11.3. The molecule has 0 aliphatic carbocycles. The van der Waals surface area contributed by atoms with Gasteiger partial charge in [-0.3, -0.25) is 10.1 Å². The number of nitrogens with one attached hydrogen (secondary N) is 2. The number of hydrogen-bond donors (Lipinski definition) is 2. The molecule has 0 aliphatic heterocycles. The van der Waals surface area contributed by atoms with Crippen molar-refractivity contribution < 1.29 is 9.66 Å². The van der Waals surface area contributed by atoms with E-state index in [1.54, 1.807) is 30.6 Å². The molecule has 0 saturated carbocycles. The molecule has 0 aliphatic rings. The lowest BCUT2D eigenvalue weighted by atomic mass is 10.2. The van der Waals surface area contributed by atoms with E-state index in [0.29, 0.717) is 18.7 Å². The lowest BCUT2D eigenvalue weighted by molar-refractivity contribution is -0.385. The van der Waals surface area contributed by atoms with Gasteiger partial charge in [0.1, 0.15) is 11.5 Å². The predicted octanol–water partition coefficient (Wildman–Crippen LogP) is 2.76. The summed E-state index contributed by atoms with van der Waals surface area (Å²) in [5.41, 5.74) is 0.412. The number of nitro groups is 1. The summed E-state index contributed by atoms with van der Waals surface area (Å²) in [6.07, 6.45) is 3.95. The van der Waals surface area contributed by atoms with Gasteiger partial charge in [-0.05, 0) is 26.0 Å². The number of rotatable bonds is 7. The molecule has 0 fully saturated rings. The molecule has 2 N–H and O–H groups in total. The molecule has 0 radical (unpaired) electrons. The number of aromatic amines is 1. The third kappa shape index (κ3) is 3.95. The van der Waals surface area contributed by atoms with Gasteiger partial charge in [-0.25, -0.2) is 4.98 Å². The lowest BCUT2D eigenvalue weighted by Gasteiger charge is -2.13. The fraction of sp³-hybridized carbons (Fsp3) is 0.357. The minimum atomic E-state index is -0.424. The van der Waals surface area contributed by atoms with Crippen molar-refractivity contribution in [3.63, 3.8) is 0 Å². The van der Waals surface area contributed by atoms with Crippen LogP contribution in [-0.2, 0) is 6.42 Å². The second-order valence-corrected chi connectivity index (χ2v) is 4.79. The Balaban J connectivity index is 2.12. The van der Waals surface area contributed by atoms with E-state index in [1.807, 2.05) is 13.8 Å². The van der Waals surface area contributed by atoms with Gasteiger partial charge in [0.15, 0.2) is 5.75 Å². The van der Waals surface area contributed by atoms with Crippen LogP contribution in [0.3, 0.4) is 0 Å². The molecule has 1 aromatic carbocycles. The zero-order chi connectivity index (χ0) is 15.2. The Bertz CT molecular complexity index is 596. The zero-order valence-corrected chi connectivity index (χ0v) is 12.0. The molecule has 112 valence electrons. The Kier molecular flexibility index (Phi) is 4.76. The largest absolute Gasteiger partial charge is 0.484 e. The summed E-state index contributed by atoms with van der Waals surface area (Å²) < 4.78 is 5.50. The van der Waals surface area contributed by atoms with E-state index in [-0.39, 0.29) is 17.5 Å². The van der Waals surface area contributed by atoms with E-state index < -0.39 is 4.92 Å². The molecular formula is C14H18N4O3. The second-order valence-electron chi connectivity index (χ2n) is 4.79. The third-order valence-electron chi connectivity index (χ3n) is 2.78. The van der Waals surface area contributed by atoms with Gasteiger partial charge >= 0.3 is 5.69 Å². The molecule has 0 amide bonds. The van der Waals surface area contributed by atoms with Crippen molar-refractivity contribution in [3.05, 3.63) is 46.5 Å². The number of nitro benzene ring substituents is 1. The van der Waals surface area contributed by atoms with Crippen molar-refractivity contribution in [1.29, 1.82) is 0 Å². The highest BCUT2D eigenvalue weighted by Crippen LogP contribution is 2.35. The lowest BCUT2D eigenvalue weighted by Crippen LogP contribution is -2.11. The first kappa shape index (κ1) is 14.8. The van der Waals surface area contributed by atoms with Crippen molar-refractivity contribution in [2.24, 2.45) is 0 Å². The summed E-state index contributed by atoms with van der Waals surface area (Å²) >= 11 is 0. The Morgan fingerprint density at radius 1 is 1.48 bits per heavy atom. The highest BCUT2D eigenvalue weighted by atomic mass is 16.6. The molecule has 0 unspecified atom stereocenters. The van der Waals surface area contributed by atoms with Gasteiger partial charge in [-0.2, -0.15) is 0 Å². The number of nitrogens with zero attached hydrogens (tertiary/aromatic N) is 2. The van der Waals surface area contributed by atoms with Crippen molar-refractivity contribution in [1.82, 2.24) is 9.97 Å². The van der Waals surface area contributed by atoms with Gasteiger partial charge in [-0.15, -0.1) is 0 Å². The zero-order valence-electron chi connectivity index (χ0n) is 12.0. The fourth-order valence-corrected chi connectivity index (χ4v) is 1.95. The summed E-state index contributed by atoms with van der Waals surface area (Å²) in [5, 5.41) is 14.3. The summed E-state index contributed by atoms with van der Waals surface area (Å²) in [6.45, 7) is 4.21. The number of ether oxygens (including phenoxy) is 1. The van der Waals surface area contributed by atoms with E-state index in [1.165, 1.54) is 0 Å². The highest BCUT2D eigenvalue weighted by molar-refractivity contribution is 5.68. The van der Waals surface area contributed by atoms with E-state index in [4.69, 9.17) is 4.74 Å². The van der Waals surface area contributed by atoms with Crippen LogP contribution in [0.25, 0.3) is 0 Å². The molecule has 1 heterocycles. The number of para-hydroxylation sites is 1. The van der Waals surface area contributed by atoms with E-state index in [0.717, 1.165) is 5.82 Å². The van der Waals surface area contributed by atoms with E-state index in [9.17, 15) is 10.1 Å². The van der Waals surface area contributed by atoms with Crippen LogP contribution < -0.4 is 10.1 Å². The summed E-state index contributed by atoms with van der Waals surface area (Å²) in [7, 11) is 0. The fourth-order valence-electron chi connectivity index (χ4n) is 1.95. The summed E-state index contributed by atoms with van der Waals surface area (Å²) in [6, 6.07) is 5.02. The minimum absolute atomic E-state index is 0.0364. The third-order valence-corrected chi connectivity index (χ3v) is 2.78. The number of H-pyrrole nitrogens is 1. The summed E-state index contributed by atoms with van der Waals surface area (Å²) in [5.74, 6) is 1.11. The molecule has 0 spiro atoms. The van der Waals surface area contributed by atoms with Crippen molar-refractivity contribution in [2.75, 3.05) is 11.9 Å². The first-order valence-corrected chi connectivity index (χ1v) is 6.74. The predicted molar refractivity (Wildman–Crippen MR) is 79.6 cm³/mol. The van der Waals surface area contributed by atoms with Crippen LogP contribution in [0.4, 0.5) is 11.4 Å². The van der Waals surface area contributed by atoms with Crippen LogP contribution in [-0.4, -0.2) is 27.5 Å². The van der Waals surface area contributed by atoms with Gasteiger partial charge in [0.2, 0.25) is 0 Å². The Labute approximate surface area is 122 Å². The van der Waals surface area contributed by atoms with Crippen LogP contribution in [0, 0.1) is 10.1 Å². The van der Waals surface area contributed by atoms with Gasteiger partial charge < -0.3 is 15.0 Å². The number of imidazole rings is 1.